The van der Waals surface area contributed by atoms with Gasteiger partial charge in [-0.15, -0.1) is 10.2 Å². The molecule has 0 saturated heterocycles. The molecule has 16 heavy (non-hydrogen) atoms. The molecule has 5 heteroatoms. The molecule has 0 amide bonds. The summed E-state index contributed by atoms with van der Waals surface area (Å²) in [6.07, 6.45) is 1.86. The van der Waals surface area contributed by atoms with Gasteiger partial charge in [-0.3, -0.25) is 0 Å². The minimum absolute atomic E-state index is 0.192. The van der Waals surface area contributed by atoms with Crippen molar-refractivity contribution in [3.05, 3.63) is 11.6 Å². The number of aromatic nitrogens is 3. The van der Waals surface area contributed by atoms with Gasteiger partial charge in [0.1, 0.15) is 11.6 Å². The Morgan fingerprint density at radius 2 is 1.94 bits per heavy atom. The predicted octanol–water partition coefficient (Wildman–Crippen LogP) is 2.55. The van der Waals surface area contributed by atoms with Crippen LogP contribution >= 0.6 is 15.9 Å². The molecule has 0 aliphatic carbocycles. The molecule has 0 bridgehead atoms. The van der Waals surface area contributed by atoms with Crippen molar-refractivity contribution < 1.29 is 4.74 Å². The number of methoxy groups -OCH3 is 1. The molecule has 0 spiro atoms. The molecule has 0 saturated carbocycles. The van der Waals surface area contributed by atoms with Crippen LogP contribution in [0.25, 0.3) is 0 Å². The van der Waals surface area contributed by atoms with Gasteiger partial charge < -0.3 is 9.30 Å². The van der Waals surface area contributed by atoms with Crippen LogP contribution in [-0.2, 0) is 23.0 Å². The van der Waals surface area contributed by atoms with Gasteiger partial charge in [0.05, 0.1) is 10.9 Å². The van der Waals surface area contributed by atoms with E-state index in [2.05, 4.69) is 51.5 Å². The molecule has 0 aliphatic heterocycles. The molecular weight excluding hydrogens is 270 g/mol. The summed E-state index contributed by atoms with van der Waals surface area (Å²) < 4.78 is 7.60. The molecule has 0 fully saturated rings. The first-order valence-electron chi connectivity index (χ1n) is 5.56. The number of rotatable bonds is 6. The normalized spacial score (nSPS) is 12.1. The number of alkyl halides is 1. The van der Waals surface area contributed by atoms with Gasteiger partial charge in [-0.1, -0.05) is 22.9 Å². The van der Waals surface area contributed by atoms with Gasteiger partial charge in [-0.25, -0.2) is 0 Å². The molecule has 0 N–H and O–H groups in total. The van der Waals surface area contributed by atoms with Crippen molar-refractivity contribution in [1.82, 2.24) is 14.8 Å². The fourth-order valence-electron chi connectivity index (χ4n) is 1.54. The minimum Gasteiger partial charge on any atom is -0.378 e. The molecule has 1 aromatic rings. The highest BCUT2D eigenvalue weighted by Gasteiger charge is 2.22. The summed E-state index contributed by atoms with van der Waals surface area (Å²) in [4.78, 5) is 0. The molecule has 0 aromatic carbocycles. The maximum Gasteiger partial charge on any atom is 0.143 e. The van der Waals surface area contributed by atoms with Crippen molar-refractivity contribution in [2.24, 2.45) is 0 Å². The van der Waals surface area contributed by atoms with Crippen LogP contribution in [0.15, 0.2) is 0 Å². The van der Waals surface area contributed by atoms with Gasteiger partial charge in [0, 0.05) is 20.1 Å². The molecule has 0 atom stereocenters. The Hall–Kier alpha value is -0.420. The van der Waals surface area contributed by atoms with Crippen LogP contribution in [0.1, 0.15) is 38.8 Å². The monoisotopic (exact) mass is 289 g/mol. The zero-order chi connectivity index (χ0) is 12.2. The maximum atomic E-state index is 5.42. The van der Waals surface area contributed by atoms with Gasteiger partial charge in [-0.05, 0) is 20.3 Å². The smallest absolute Gasteiger partial charge is 0.143 e. The van der Waals surface area contributed by atoms with E-state index < -0.39 is 0 Å². The first-order chi connectivity index (χ1) is 7.54. The Labute approximate surface area is 106 Å². The second-order valence-corrected chi connectivity index (χ2v) is 5.02. The van der Waals surface area contributed by atoms with E-state index >= 15 is 0 Å². The summed E-state index contributed by atoms with van der Waals surface area (Å²) >= 11 is 3.43. The highest BCUT2D eigenvalue weighted by Crippen LogP contribution is 2.16. The van der Waals surface area contributed by atoms with Crippen LogP contribution in [-0.4, -0.2) is 27.5 Å². The quantitative estimate of drug-likeness (QED) is 0.756. The molecule has 0 aliphatic rings. The summed E-state index contributed by atoms with van der Waals surface area (Å²) in [5.74, 6) is 1.99. The second kappa shape index (κ2) is 5.77. The van der Waals surface area contributed by atoms with Gasteiger partial charge in [0.25, 0.3) is 0 Å². The Kier molecular flexibility index (Phi) is 4.92. The third kappa shape index (κ3) is 3.28. The van der Waals surface area contributed by atoms with E-state index in [-0.39, 0.29) is 5.60 Å². The fraction of sp³-hybridized carbons (Fsp3) is 0.818. The van der Waals surface area contributed by atoms with Crippen molar-refractivity contribution in [3.8, 4) is 0 Å². The van der Waals surface area contributed by atoms with Crippen molar-refractivity contribution in [1.29, 1.82) is 0 Å². The summed E-state index contributed by atoms with van der Waals surface area (Å²) in [6, 6.07) is 0. The molecule has 4 nitrogen and oxygen atoms in total. The lowest BCUT2D eigenvalue weighted by atomic mass is 10.0. The van der Waals surface area contributed by atoms with Gasteiger partial charge in [0.2, 0.25) is 0 Å². The number of hydrogen-bond donors (Lipinski definition) is 0. The highest BCUT2D eigenvalue weighted by molar-refractivity contribution is 9.08. The maximum absolute atomic E-state index is 5.42. The summed E-state index contributed by atoms with van der Waals surface area (Å²) in [6.45, 7) is 7.24. The SMILES string of the molecule is CCCn1c(CBr)nnc1CC(C)(C)OC. The molecule has 92 valence electrons. The van der Waals surface area contributed by atoms with Gasteiger partial charge in [0.15, 0.2) is 0 Å². The Bertz CT molecular complexity index is 336. The van der Waals surface area contributed by atoms with Crippen molar-refractivity contribution in [3.63, 3.8) is 0 Å². The second-order valence-electron chi connectivity index (χ2n) is 4.46. The summed E-state index contributed by atoms with van der Waals surface area (Å²) in [5.41, 5.74) is -0.192. The molecular formula is C11H20BrN3O. The number of hydrogen-bond acceptors (Lipinski definition) is 3. The number of ether oxygens (including phenoxy) is 1. The van der Waals surface area contributed by atoms with E-state index in [0.717, 1.165) is 36.4 Å². The molecule has 1 rings (SSSR count). The largest absolute Gasteiger partial charge is 0.378 e. The van der Waals surface area contributed by atoms with E-state index in [0.29, 0.717) is 0 Å². The Balaban J connectivity index is 2.91. The lowest BCUT2D eigenvalue weighted by Gasteiger charge is -2.22. The lowest BCUT2D eigenvalue weighted by Crippen LogP contribution is -2.27. The van der Waals surface area contributed by atoms with Crippen molar-refractivity contribution in [2.75, 3.05) is 7.11 Å². The fourth-order valence-corrected chi connectivity index (χ4v) is 1.95. The minimum atomic E-state index is -0.192. The third-order valence-corrected chi connectivity index (χ3v) is 3.11. The zero-order valence-electron chi connectivity index (χ0n) is 10.5. The van der Waals surface area contributed by atoms with Gasteiger partial charge >= 0.3 is 0 Å². The first kappa shape index (κ1) is 13.6. The van der Waals surface area contributed by atoms with Gasteiger partial charge in [-0.2, -0.15) is 0 Å². The number of nitrogens with zero attached hydrogens (tertiary/aromatic N) is 3. The highest BCUT2D eigenvalue weighted by atomic mass is 79.9. The van der Waals surface area contributed by atoms with Crippen LogP contribution in [0, 0.1) is 0 Å². The topological polar surface area (TPSA) is 39.9 Å². The Morgan fingerprint density at radius 3 is 2.44 bits per heavy atom. The molecule has 0 radical (unpaired) electrons. The van der Waals surface area contributed by atoms with Crippen LogP contribution in [0.3, 0.4) is 0 Å². The molecule has 0 unspecified atom stereocenters. The standard InChI is InChI=1S/C11H20BrN3O/c1-5-6-15-9(7-11(2,3)16-4)13-14-10(15)8-12/h5-8H2,1-4H3. The lowest BCUT2D eigenvalue weighted by molar-refractivity contribution is 0.0208. The zero-order valence-corrected chi connectivity index (χ0v) is 12.0. The van der Waals surface area contributed by atoms with E-state index in [1.807, 2.05) is 0 Å². The van der Waals surface area contributed by atoms with Crippen LogP contribution in [0.5, 0.6) is 0 Å². The van der Waals surface area contributed by atoms with Crippen LogP contribution < -0.4 is 0 Å². The van der Waals surface area contributed by atoms with Crippen molar-refractivity contribution in [2.45, 2.75) is 51.1 Å². The van der Waals surface area contributed by atoms with Crippen LogP contribution in [0.4, 0.5) is 0 Å². The van der Waals surface area contributed by atoms with Crippen molar-refractivity contribution >= 4 is 15.9 Å². The van der Waals surface area contributed by atoms with E-state index in [9.17, 15) is 0 Å². The van der Waals surface area contributed by atoms with E-state index in [1.165, 1.54) is 0 Å². The number of halogens is 1. The Morgan fingerprint density at radius 1 is 1.31 bits per heavy atom. The molecule has 1 heterocycles. The molecule has 1 aromatic heterocycles. The van der Waals surface area contributed by atoms with Crippen LogP contribution in [0.2, 0.25) is 0 Å². The first-order valence-corrected chi connectivity index (χ1v) is 6.68. The summed E-state index contributed by atoms with van der Waals surface area (Å²) in [7, 11) is 1.73. The summed E-state index contributed by atoms with van der Waals surface area (Å²) in [5, 5.41) is 9.17. The average molecular weight is 290 g/mol. The third-order valence-electron chi connectivity index (χ3n) is 2.61. The van der Waals surface area contributed by atoms with E-state index in [1.54, 1.807) is 7.11 Å². The average Bonchev–Trinajstić information content (AvgIpc) is 2.61. The van der Waals surface area contributed by atoms with E-state index in [4.69, 9.17) is 4.74 Å². The predicted molar refractivity (Wildman–Crippen MR) is 67.7 cm³/mol.